The summed E-state index contributed by atoms with van der Waals surface area (Å²) in [6.07, 6.45) is 0.991. The molecule has 0 fully saturated rings. The number of benzene rings is 1. The van der Waals surface area contributed by atoms with Gasteiger partial charge in [-0.1, -0.05) is 12.1 Å². The molecule has 1 aromatic carbocycles. The summed E-state index contributed by atoms with van der Waals surface area (Å²) in [5, 5.41) is 6.45. The monoisotopic (exact) mass is 347 g/mol. The van der Waals surface area contributed by atoms with Gasteiger partial charge < -0.3 is 15.4 Å². The van der Waals surface area contributed by atoms with Gasteiger partial charge >= 0.3 is 0 Å². The van der Waals surface area contributed by atoms with Gasteiger partial charge in [0.2, 0.25) is 0 Å². The number of nitrogens with zero attached hydrogens (tertiary/aromatic N) is 1. The van der Waals surface area contributed by atoms with Crippen molar-refractivity contribution in [2.45, 2.75) is 6.42 Å². The maximum atomic E-state index is 5.11. The van der Waals surface area contributed by atoms with E-state index in [1.807, 2.05) is 12.1 Å². The third-order valence-corrected chi connectivity index (χ3v) is 2.54. The van der Waals surface area contributed by atoms with Gasteiger partial charge in [-0.05, 0) is 24.1 Å². The zero-order chi connectivity index (χ0) is 11.2. The van der Waals surface area contributed by atoms with Crippen molar-refractivity contribution in [2.75, 3.05) is 26.7 Å². The first-order valence-electron chi connectivity index (χ1n) is 5.53. The largest absolute Gasteiger partial charge is 0.497 e. The topological polar surface area (TPSA) is 45.6 Å². The Hall–Kier alpha value is -0.980. The van der Waals surface area contributed by atoms with Crippen LogP contribution in [0, 0.1) is 0 Å². The van der Waals surface area contributed by atoms with Gasteiger partial charge in [-0.3, -0.25) is 4.99 Å². The Kier molecular flexibility index (Phi) is 6.10. The predicted octanol–water partition coefficient (Wildman–Crippen LogP) is 1.40. The molecule has 2 N–H and O–H groups in total. The van der Waals surface area contributed by atoms with E-state index < -0.39 is 0 Å². The second-order valence-electron chi connectivity index (χ2n) is 3.68. The number of hydrogen-bond acceptors (Lipinski definition) is 4. The Morgan fingerprint density at radius 3 is 2.71 bits per heavy atom. The van der Waals surface area contributed by atoms with Gasteiger partial charge in [-0.25, -0.2) is 0 Å². The van der Waals surface area contributed by atoms with Crippen LogP contribution in [0.15, 0.2) is 29.3 Å². The van der Waals surface area contributed by atoms with E-state index in [9.17, 15) is 0 Å². The van der Waals surface area contributed by atoms with Crippen LogP contribution in [0.25, 0.3) is 0 Å². The molecule has 2 rings (SSSR count). The lowest BCUT2D eigenvalue weighted by atomic mass is 10.1. The van der Waals surface area contributed by atoms with E-state index in [1.54, 1.807) is 7.11 Å². The van der Waals surface area contributed by atoms with E-state index in [2.05, 4.69) is 27.8 Å². The molecule has 0 bridgehead atoms. The maximum absolute atomic E-state index is 5.11. The summed E-state index contributed by atoms with van der Waals surface area (Å²) in [5.74, 6) is 1.83. The molecule has 0 aromatic heterocycles. The summed E-state index contributed by atoms with van der Waals surface area (Å²) in [4.78, 5) is 4.27. The van der Waals surface area contributed by atoms with Crippen molar-refractivity contribution in [3.8, 4) is 5.75 Å². The molecule has 0 aliphatic carbocycles. The van der Waals surface area contributed by atoms with Crippen molar-refractivity contribution < 1.29 is 4.74 Å². The number of guanidine groups is 1. The van der Waals surface area contributed by atoms with Crippen molar-refractivity contribution in [3.63, 3.8) is 0 Å². The van der Waals surface area contributed by atoms with Crippen LogP contribution in [-0.4, -0.2) is 32.7 Å². The standard InChI is InChI=1S/C12H17N3O.HI/c1-16-11-4-2-10(3-5-11)6-7-13-12-14-8-9-15-12;/h2-5H,6-9H2,1H3,(H2,13,14,15);1H. The highest BCUT2D eigenvalue weighted by Crippen LogP contribution is 2.11. The van der Waals surface area contributed by atoms with Gasteiger partial charge in [0.1, 0.15) is 5.75 Å². The number of nitrogens with one attached hydrogen (secondary N) is 2. The van der Waals surface area contributed by atoms with E-state index >= 15 is 0 Å². The fourth-order valence-corrected chi connectivity index (χ4v) is 1.63. The molecule has 94 valence electrons. The molecule has 1 aromatic rings. The van der Waals surface area contributed by atoms with Gasteiger partial charge in [0, 0.05) is 13.1 Å². The first-order valence-corrected chi connectivity index (χ1v) is 5.53. The summed E-state index contributed by atoms with van der Waals surface area (Å²) in [5.41, 5.74) is 1.30. The molecule has 1 heterocycles. The van der Waals surface area contributed by atoms with Crippen molar-refractivity contribution in [2.24, 2.45) is 4.99 Å². The second kappa shape index (κ2) is 7.37. The average molecular weight is 347 g/mol. The van der Waals surface area contributed by atoms with Gasteiger partial charge in [-0.2, -0.15) is 0 Å². The SMILES string of the molecule is COc1ccc(CCNC2=NCCN2)cc1.I. The van der Waals surface area contributed by atoms with E-state index in [0.29, 0.717) is 0 Å². The van der Waals surface area contributed by atoms with Crippen LogP contribution < -0.4 is 15.4 Å². The normalized spacial score (nSPS) is 13.4. The molecule has 1 aliphatic heterocycles. The predicted molar refractivity (Wildman–Crippen MR) is 80.4 cm³/mol. The Bertz CT molecular complexity index is 365. The summed E-state index contributed by atoms with van der Waals surface area (Å²) in [6.45, 7) is 2.73. The smallest absolute Gasteiger partial charge is 0.191 e. The Morgan fingerprint density at radius 1 is 1.35 bits per heavy atom. The summed E-state index contributed by atoms with van der Waals surface area (Å²) >= 11 is 0. The molecule has 17 heavy (non-hydrogen) atoms. The molecule has 0 atom stereocenters. The number of aliphatic imine (C=N–C) groups is 1. The Morgan fingerprint density at radius 2 is 2.12 bits per heavy atom. The zero-order valence-electron chi connectivity index (χ0n) is 9.90. The summed E-state index contributed by atoms with van der Waals surface area (Å²) < 4.78 is 5.11. The Balaban J connectivity index is 0.00000144. The quantitative estimate of drug-likeness (QED) is 0.810. The molecule has 5 heteroatoms. The number of ether oxygens (including phenoxy) is 1. The van der Waals surface area contributed by atoms with Crippen LogP contribution in [0.4, 0.5) is 0 Å². The van der Waals surface area contributed by atoms with Crippen LogP contribution >= 0.6 is 24.0 Å². The van der Waals surface area contributed by atoms with E-state index in [0.717, 1.165) is 37.8 Å². The molecule has 4 nitrogen and oxygen atoms in total. The number of halogens is 1. The van der Waals surface area contributed by atoms with Crippen molar-refractivity contribution in [3.05, 3.63) is 29.8 Å². The molecule has 0 unspecified atom stereocenters. The van der Waals surface area contributed by atoms with Crippen molar-refractivity contribution >= 4 is 29.9 Å². The summed E-state index contributed by atoms with van der Waals surface area (Å²) in [7, 11) is 1.68. The number of rotatable bonds is 4. The van der Waals surface area contributed by atoms with Crippen LogP contribution in [0.3, 0.4) is 0 Å². The highest BCUT2D eigenvalue weighted by atomic mass is 127. The highest BCUT2D eigenvalue weighted by Gasteiger charge is 2.02. The van der Waals surface area contributed by atoms with Crippen molar-refractivity contribution in [1.82, 2.24) is 10.6 Å². The van der Waals surface area contributed by atoms with E-state index in [-0.39, 0.29) is 24.0 Å². The second-order valence-corrected chi connectivity index (χ2v) is 3.68. The number of hydrogen-bond donors (Lipinski definition) is 2. The van der Waals surface area contributed by atoms with E-state index in [1.165, 1.54) is 5.56 Å². The number of methoxy groups -OCH3 is 1. The molecule has 0 amide bonds. The minimum absolute atomic E-state index is 0. The Labute approximate surface area is 119 Å². The molecule has 0 radical (unpaired) electrons. The third-order valence-electron chi connectivity index (χ3n) is 2.54. The van der Waals surface area contributed by atoms with Gasteiger partial charge in [0.05, 0.1) is 13.7 Å². The molecular formula is C12H18IN3O. The van der Waals surface area contributed by atoms with Crippen LogP contribution in [0.2, 0.25) is 0 Å². The molecule has 0 saturated carbocycles. The molecule has 0 saturated heterocycles. The lowest BCUT2D eigenvalue weighted by molar-refractivity contribution is 0.414. The average Bonchev–Trinajstić information content (AvgIpc) is 2.83. The van der Waals surface area contributed by atoms with Crippen LogP contribution in [0.5, 0.6) is 5.75 Å². The molecular weight excluding hydrogens is 329 g/mol. The first-order chi connectivity index (χ1) is 7.88. The van der Waals surface area contributed by atoms with Gasteiger partial charge in [-0.15, -0.1) is 24.0 Å². The third kappa shape index (κ3) is 4.41. The van der Waals surface area contributed by atoms with Crippen LogP contribution in [-0.2, 0) is 6.42 Å². The molecule has 1 aliphatic rings. The summed E-state index contributed by atoms with van der Waals surface area (Å²) in [6, 6.07) is 8.15. The fraction of sp³-hybridized carbons (Fsp3) is 0.417. The van der Waals surface area contributed by atoms with Gasteiger partial charge in [0.15, 0.2) is 5.96 Å². The highest BCUT2D eigenvalue weighted by molar-refractivity contribution is 14.0. The lowest BCUT2D eigenvalue weighted by Gasteiger charge is -2.07. The van der Waals surface area contributed by atoms with Gasteiger partial charge in [0.25, 0.3) is 0 Å². The first kappa shape index (κ1) is 14.1. The lowest BCUT2D eigenvalue weighted by Crippen LogP contribution is -2.34. The van der Waals surface area contributed by atoms with Crippen molar-refractivity contribution in [1.29, 1.82) is 0 Å². The maximum Gasteiger partial charge on any atom is 0.191 e. The van der Waals surface area contributed by atoms with E-state index in [4.69, 9.17) is 4.74 Å². The fourth-order valence-electron chi connectivity index (χ4n) is 1.63. The minimum atomic E-state index is 0. The zero-order valence-corrected chi connectivity index (χ0v) is 12.2. The molecule has 0 spiro atoms. The minimum Gasteiger partial charge on any atom is -0.497 e. The van der Waals surface area contributed by atoms with Crippen LogP contribution in [0.1, 0.15) is 5.56 Å².